The van der Waals surface area contributed by atoms with Crippen molar-refractivity contribution in [2.45, 2.75) is 41.5 Å². The molecule has 0 aliphatic rings. The van der Waals surface area contributed by atoms with Gasteiger partial charge in [0.2, 0.25) is 0 Å². The van der Waals surface area contributed by atoms with Crippen LogP contribution in [0.1, 0.15) is 53.2 Å². The Morgan fingerprint density at radius 1 is 0.482 bits per heavy atom. The summed E-state index contributed by atoms with van der Waals surface area (Å²) >= 11 is 0. The minimum Gasteiger partial charge on any atom is -1.00 e. The van der Waals surface area contributed by atoms with Crippen molar-refractivity contribution in [3.63, 3.8) is 0 Å². The number of nitrogens with zero attached hydrogens (tertiary/aromatic N) is 4. The number of benzene rings is 4. The van der Waals surface area contributed by atoms with Gasteiger partial charge in [-0.2, -0.15) is 10.2 Å². The van der Waals surface area contributed by atoms with Crippen LogP contribution in [0.4, 0.5) is 0 Å². The third kappa shape index (κ3) is 15.0. The van der Waals surface area contributed by atoms with Gasteiger partial charge in [0.05, 0.1) is 11.5 Å². The second-order valence-corrected chi connectivity index (χ2v) is 13.5. The number of nitrogens with one attached hydrogen (secondary N) is 2. The van der Waals surface area contributed by atoms with E-state index in [4.69, 9.17) is 9.47 Å². The molecule has 2 heterocycles. The van der Waals surface area contributed by atoms with E-state index in [0.29, 0.717) is 23.1 Å². The molecule has 0 aliphatic carbocycles. The molecule has 0 unspecified atom stereocenters. The molecule has 2 N–H and O–H groups in total. The van der Waals surface area contributed by atoms with Crippen LogP contribution in [0.15, 0.2) is 122 Å². The van der Waals surface area contributed by atoms with E-state index in [-0.39, 0.29) is 112 Å². The first kappa shape index (κ1) is 54.3. The third-order valence-corrected chi connectivity index (χ3v) is 7.40. The van der Waals surface area contributed by atoms with Crippen molar-refractivity contribution in [3.05, 3.63) is 146 Å². The summed E-state index contributed by atoms with van der Waals surface area (Å²) in [6, 6.07) is 35.4. The van der Waals surface area contributed by atoms with Crippen molar-refractivity contribution in [3.8, 4) is 33.8 Å². The van der Waals surface area contributed by atoms with E-state index in [2.05, 4.69) is 30.4 Å². The molecular formula is C40H40Cl4N6O4Zn2-2. The summed E-state index contributed by atoms with van der Waals surface area (Å²) in [4.78, 5) is 33.5. The van der Waals surface area contributed by atoms with Crippen LogP contribution in [0, 0.1) is 23.0 Å². The largest absolute Gasteiger partial charge is 2.00 e. The van der Waals surface area contributed by atoms with Crippen molar-refractivity contribution in [1.29, 1.82) is 0 Å². The minimum atomic E-state index is -0.591. The van der Waals surface area contributed by atoms with Gasteiger partial charge in [0, 0.05) is 23.2 Å². The number of ketones is 2. The number of aromatic nitrogens is 6. The Balaban J connectivity index is 0. The molecular weight excluding hydrogens is 901 g/mol. The molecule has 2 aromatic heterocycles. The van der Waals surface area contributed by atoms with Crippen LogP contribution in [-0.2, 0) is 48.5 Å². The average molecular weight is 941 g/mol. The van der Waals surface area contributed by atoms with Crippen LogP contribution >= 0.6 is 0 Å². The summed E-state index contributed by atoms with van der Waals surface area (Å²) in [6.07, 6.45) is 3.04. The predicted octanol–water partition coefficient (Wildman–Crippen LogP) is -3.90. The monoisotopic (exact) mass is 936 g/mol. The van der Waals surface area contributed by atoms with Crippen LogP contribution in [0.25, 0.3) is 22.3 Å². The number of aromatic amines is 2. The SMILES string of the molecule is CC(C)(C)C(=O)[C-](Oc1ccc(-c2ccccc2)cc1)c1ncn[nH]1.CC(C)(C)C(=O)[C-](Oc1ccc(-c2ccccc2)cc1)c1ncn[nH]1.[Cl-].[Cl-].[Cl-].[Cl-].[Zn+2].[Zn+2]. The fraction of sp³-hybridized carbons (Fsp3) is 0.200. The zero-order valence-electron chi connectivity index (χ0n) is 31.9. The van der Waals surface area contributed by atoms with Gasteiger partial charge in [-0.3, -0.25) is 10.2 Å². The number of Topliss-reactive ketones (excluding diaryl/α,β-unsaturated/α-hetero) is 2. The molecule has 6 rings (SSSR count). The third-order valence-electron chi connectivity index (χ3n) is 7.40. The van der Waals surface area contributed by atoms with Crippen molar-refractivity contribution >= 4 is 11.6 Å². The molecule has 10 nitrogen and oxygen atoms in total. The number of halogens is 4. The second kappa shape index (κ2) is 24.8. The Bertz CT molecular complexity index is 1820. The molecule has 0 amide bonds. The number of ether oxygens (including phenoxy) is 2. The van der Waals surface area contributed by atoms with E-state index in [1.807, 2.05) is 151 Å². The van der Waals surface area contributed by atoms with Crippen LogP contribution in [0.5, 0.6) is 11.5 Å². The van der Waals surface area contributed by atoms with E-state index in [1.54, 1.807) is 0 Å². The van der Waals surface area contributed by atoms with Gasteiger partial charge >= 0.3 is 39.0 Å². The van der Waals surface area contributed by atoms with E-state index in [1.165, 1.54) is 12.7 Å². The van der Waals surface area contributed by atoms with Gasteiger partial charge in [0.1, 0.15) is 12.7 Å². The van der Waals surface area contributed by atoms with Gasteiger partial charge < -0.3 is 68.7 Å². The number of carbonyl (C=O) groups excluding carboxylic acids is 2. The van der Waals surface area contributed by atoms with Gasteiger partial charge in [0.25, 0.3) is 0 Å². The van der Waals surface area contributed by atoms with Crippen LogP contribution in [0.3, 0.4) is 0 Å². The number of H-pyrrole nitrogens is 2. The summed E-state index contributed by atoms with van der Waals surface area (Å²) in [6.45, 7) is 11.0. The maximum Gasteiger partial charge on any atom is 2.00 e. The Morgan fingerprint density at radius 2 is 0.768 bits per heavy atom. The van der Waals surface area contributed by atoms with Crippen molar-refractivity contribution < 1.29 is 108 Å². The number of hydrogen-bond donors (Lipinski definition) is 2. The van der Waals surface area contributed by atoms with Crippen molar-refractivity contribution in [1.82, 2.24) is 30.4 Å². The van der Waals surface area contributed by atoms with Crippen LogP contribution in [-0.4, -0.2) is 41.9 Å². The molecule has 56 heavy (non-hydrogen) atoms. The van der Waals surface area contributed by atoms with Gasteiger partial charge in [-0.25, -0.2) is 9.97 Å². The quantitative estimate of drug-likeness (QED) is 0.105. The number of rotatable bonds is 10. The molecule has 4 aromatic carbocycles. The summed E-state index contributed by atoms with van der Waals surface area (Å²) < 4.78 is 11.7. The summed E-state index contributed by atoms with van der Waals surface area (Å²) in [7, 11) is 0. The maximum atomic E-state index is 12.7. The fourth-order valence-corrected chi connectivity index (χ4v) is 4.64. The average Bonchev–Trinajstić information content (AvgIpc) is 3.86. The number of carbonyl (C=O) groups is 2. The van der Waals surface area contributed by atoms with E-state index < -0.39 is 10.8 Å². The fourth-order valence-electron chi connectivity index (χ4n) is 4.64. The Hall–Kier alpha value is -3.75. The molecule has 0 saturated heterocycles. The Morgan fingerprint density at radius 3 is 1.02 bits per heavy atom. The molecule has 0 radical (unpaired) electrons. The van der Waals surface area contributed by atoms with Crippen LogP contribution in [0.2, 0.25) is 0 Å². The molecule has 0 fully saturated rings. The predicted molar refractivity (Wildman–Crippen MR) is 191 cm³/mol. The molecule has 0 saturated carbocycles. The van der Waals surface area contributed by atoms with E-state index >= 15 is 0 Å². The smallest absolute Gasteiger partial charge is 1.00 e. The second-order valence-electron chi connectivity index (χ2n) is 13.5. The molecule has 16 heteroatoms. The van der Waals surface area contributed by atoms with Gasteiger partial charge in [-0.15, -0.1) is 0 Å². The zero-order chi connectivity index (χ0) is 35.7. The van der Waals surface area contributed by atoms with Gasteiger partial charge in [-0.1, -0.05) is 139 Å². The van der Waals surface area contributed by atoms with Gasteiger partial charge in [0.15, 0.2) is 0 Å². The van der Waals surface area contributed by atoms with E-state index in [9.17, 15) is 9.59 Å². The van der Waals surface area contributed by atoms with E-state index in [0.717, 1.165) is 22.3 Å². The normalized spacial score (nSPS) is 9.96. The molecule has 6 aromatic rings. The maximum absolute atomic E-state index is 12.7. The minimum absolute atomic E-state index is 0. The zero-order valence-corrected chi connectivity index (χ0v) is 40.9. The molecule has 0 aliphatic heterocycles. The molecule has 0 atom stereocenters. The van der Waals surface area contributed by atoms with Crippen LogP contribution < -0.4 is 59.1 Å². The number of hydrogen-bond acceptors (Lipinski definition) is 8. The topological polar surface area (TPSA) is 136 Å². The van der Waals surface area contributed by atoms with Crippen molar-refractivity contribution in [2.24, 2.45) is 10.8 Å². The summed E-state index contributed by atoms with van der Waals surface area (Å²) in [5.41, 5.74) is 3.23. The molecule has 288 valence electrons. The molecule has 0 spiro atoms. The Kier molecular flexibility index (Phi) is 24.1. The Labute approximate surface area is 378 Å². The molecule has 0 bridgehead atoms. The first-order valence-corrected chi connectivity index (χ1v) is 16.1. The standard InChI is InChI=1S/2C20H20N3O2.4ClH.2Zn/c2*1-20(2,3)18(24)17(19-21-13-22-23-19)25-16-11-9-15(10-12-16)14-7-5-4-6-8-14;;;;;;/h2*4-13H,1-3H3,(H,21,22,23);4*1H;;/q2*-1;;;;;2*+2/p-4. The first-order valence-electron chi connectivity index (χ1n) is 16.1. The van der Waals surface area contributed by atoms with Crippen molar-refractivity contribution in [2.75, 3.05) is 0 Å². The first-order chi connectivity index (χ1) is 23.9. The summed E-state index contributed by atoms with van der Waals surface area (Å²) in [5, 5.41) is 13.0. The summed E-state index contributed by atoms with van der Waals surface area (Å²) in [5.74, 6) is 1.51. The van der Waals surface area contributed by atoms with Gasteiger partial charge in [-0.05, 0) is 57.3 Å².